The Kier molecular flexibility index (Phi) is 5.20. The van der Waals surface area contributed by atoms with Crippen LogP contribution in [-0.4, -0.2) is 113 Å². The fraction of sp³-hybridized carbons (Fsp3) is 0.652. The summed E-state index contributed by atoms with van der Waals surface area (Å²) in [4.78, 5) is 33.1. The lowest BCUT2D eigenvalue weighted by atomic mass is 9.68. The molecule has 5 aliphatic rings. The molecule has 1 aliphatic carbocycles. The number of piperazine rings is 1. The van der Waals surface area contributed by atoms with E-state index in [9.17, 15) is 30.3 Å². The summed E-state index contributed by atoms with van der Waals surface area (Å²) in [5.74, 6) is -0.954. The summed E-state index contributed by atoms with van der Waals surface area (Å²) in [7, 11) is 3.28. The number of likely N-dealkylation sites (N-methyl/N-ethyl adjacent to an activating group) is 1. The summed E-state index contributed by atoms with van der Waals surface area (Å²) < 4.78 is 5.28. The van der Waals surface area contributed by atoms with Crippen molar-refractivity contribution in [2.24, 2.45) is 5.92 Å². The highest BCUT2D eigenvalue weighted by Crippen LogP contribution is 2.53. The maximum Gasteiger partial charge on any atom is 0.226 e. The third-order valence-electron chi connectivity index (χ3n) is 8.42. The lowest BCUT2D eigenvalue weighted by Crippen LogP contribution is -2.78. The molecule has 5 rings (SSSR count). The quantitative estimate of drug-likeness (QED) is 0.486. The lowest BCUT2D eigenvalue weighted by Gasteiger charge is -2.62. The van der Waals surface area contributed by atoms with Gasteiger partial charge in [0.05, 0.1) is 44.5 Å². The molecular formula is C23H27N5O5. The normalized spacial score (nSPS) is 40.6. The third-order valence-corrected chi connectivity index (χ3v) is 8.42. The van der Waals surface area contributed by atoms with Crippen molar-refractivity contribution in [3.63, 3.8) is 0 Å². The predicted octanol–water partition coefficient (Wildman–Crippen LogP) is -1.44. The standard InChI is InChI=1S/C23H27N5O5/c1-10-21(31)17-16(22(32)23(10)33-3)15(9-30)28-14(8-25)12-6-11-13(7-24)27(4-5-29)19(17)20(28)18(11)26(12)2/h11-15,18-20,29-30H,4-6,9H2,1-3H3/t11-,12+,13-,14+,15+,18-,19-,20-/m0/s1. The number of hydrogen-bond donors (Lipinski definition) is 2. The molecule has 3 fully saturated rings. The Hall–Kier alpha value is -2.60. The van der Waals surface area contributed by atoms with Crippen LogP contribution in [0.4, 0.5) is 0 Å². The van der Waals surface area contributed by atoms with Gasteiger partial charge in [0.25, 0.3) is 0 Å². The van der Waals surface area contributed by atoms with Gasteiger partial charge in [0.1, 0.15) is 12.1 Å². The van der Waals surface area contributed by atoms with Crippen LogP contribution in [0.25, 0.3) is 0 Å². The van der Waals surface area contributed by atoms with Crippen LogP contribution in [0.1, 0.15) is 13.3 Å². The van der Waals surface area contributed by atoms with Crippen molar-refractivity contribution in [3.8, 4) is 12.1 Å². The highest BCUT2D eigenvalue weighted by molar-refractivity contribution is 6.25. The molecule has 0 aromatic rings. The Bertz CT molecular complexity index is 1070. The number of carbonyl (C=O) groups excluding carboxylic acids is 2. The number of likely N-dealkylation sites (tertiary alicyclic amines) is 1. The van der Waals surface area contributed by atoms with Crippen molar-refractivity contribution in [1.82, 2.24) is 14.7 Å². The first kappa shape index (κ1) is 22.2. The van der Waals surface area contributed by atoms with Gasteiger partial charge in [0.15, 0.2) is 11.5 Å². The third kappa shape index (κ3) is 2.59. The predicted molar refractivity (Wildman–Crippen MR) is 113 cm³/mol. The largest absolute Gasteiger partial charge is 0.492 e. The highest BCUT2D eigenvalue weighted by atomic mass is 16.5. The summed E-state index contributed by atoms with van der Waals surface area (Å²) in [6, 6.07) is 1.42. The molecule has 0 aromatic carbocycles. The van der Waals surface area contributed by atoms with Gasteiger partial charge in [-0.2, -0.15) is 10.5 Å². The van der Waals surface area contributed by atoms with Crippen LogP contribution in [0.3, 0.4) is 0 Å². The monoisotopic (exact) mass is 453 g/mol. The molecule has 8 atom stereocenters. The maximum absolute atomic E-state index is 13.7. The molecule has 10 heteroatoms. The topological polar surface area (TPSA) is 141 Å². The molecule has 2 bridgehead atoms. The van der Waals surface area contributed by atoms with Crippen molar-refractivity contribution >= 4 is 11.6 Å². The molecule has 10 nitrogen and oxygen atoms in total. The Labute approximate surface area is 191 Å². The van der Waals surface area contributed by atoms with E-state index in [4.69, 9.17) is 4.74 Å². The summed E-state index contributed by atoms with van der Waals surface area (Å²) in [5, 5.41) is 40.7. The summed E-state index contributed by atoms with van der Waals surface area (Å²) in [6.45, 7) is 1.06. The first-order valence-corrected chi connectivity index (χ1v) is 11.2. The number of fused-ring (bicyclic) bond motifs is 2. The Morgan fingerprint density at radius 3 is 2.36 bits per heavy atom. The molecule has 33 heavy (non-hydrogen) atoms. The first-order valence-electron chi connectivity index (χ1n) is 11.2. The van der Waals surface area contributed by atoms with E-state index >= 15 is 0 Å². The molecule has 4 heterocycles. The lowest BCUT2D eigenvalue weighted by molar-refractivity contribution is -0.130. The van der Waals surface area contributed by atoms with Crippen LogP contribution in [0.5, 0.6) is 0 Å². The average Bonchev–Trinajstić information content (AvgIpc) is 3.07. The van der Waals surface area contributed by atoms with Gasteiger partial charge >= 0.3 is 0 Å². The molecule has 4 aliphatic heterocycles. The Morgan fingerprint density at radius 1 is 1.09 bits per heavy atom. The van der Waals surface area contributed by atoms with Crippen molar-refractivity contribution in [2.75, 3.05) is 33.9 Å². The molecule has 0 spiro atoms. The average molecular weight is 453 g/mol. The fourth-order valence-electron chi connectivity index (χ4n) is 7.30. The zero-order valence-electron chi connectivity index (χ0n) is 18.8. The van der Waals surface area contributed by atoms with Crippen molar-refractivity contribution in [2.45, 2.75) is 55.6 Å². The first-order chi connectivity index (χ1) is 15.9. The Morgan fingerprint density at radius 2 is 1.79 bits per heavy atom. The molecule has 0 radical (unpaired) electrons. The minimum atomic E-state index is -0.826. The van der Waals surface area contributed by atoms with E-state index in [1.807, 2.05) is 16.8 Å². The van der Waals surface area contributed by atoms with Crippen LogP contribution in [0, 0.1) is 28.6 Å². The number of hydrogen-bond acceptors (Lipinski definition) is 10. The van der Waals surface area contributed by atoms with Gasteiger partial charge < -0.3 is 14.9 Å². The number of methoxy groups -OCH3 is 1. The van der Waals surface area contributed by atoms with Crippen molar-refractivity contribution < 1.29 is 24.5 Å². The van der Waals surface area contributed by atoms with Crippen molar-refractivity contribution in [3.05, 3.63) is 22.5 Å². The number of allylic oxidation sites excluding steroid dienone is 2. The molecule has 0 amide bonds. The second-order valence-corrected chi connectivity index (χ2v) is 9.46. The number of rotatable bonds is 4. The number of Topliss-reactive ketones (excluding diaryl/α,β-unsaturated/α-hetero) is 2. The second kappa shape index (κ2) is 7.73. The molecule has 2 N–H and O–H groups in total. The molecule has 0 aromatic heterocycles. The number of aliphatic hydroxyl groups is 2. The van der Waals surface area contributed by atoms with Gasteiger partial charge in [-0.25, -0.2) is 0 Å². The van der Waals surface area contributed by atoms with E-state index in [0.717, 1.165) is 0 Å². The van der Waals surface area contributed by atoms with E-state index in [1.165, 1.54) is 7.11 Å². The number of piperidine rings is 1. The van der Waals surface area contributed by atoms with Gasteiger partial charge in [-0.1, -0.05) is 0 Å². The number of aliphatic hydroxyl groups excluding tert-OH is 2. The van der Waals surface area contributed by atoms with Crippen LogP contribution in [0.2, 0.25) is 0 Å². The van der Waals surface area contributed by atoms with Crippen LogP contribution in [0.15, 0.2) is 22.5 Å². The zero-order chi connectivity index (χ0) is 23.8. The number of ether oxygens (including phenoxy) is 1. The highest BCUT2D eigenvalue weighted by Gasteiger charge is 2.68. The van der Waals surface area contributed by atoms with Gasteiger partial charge in [0.2, 0.25) is 5.78 Å². The molecule has 3 saturated heterocycles. The van der Waals surface area contributed by atoms with Crippen LogP contribution >= 0.6 is 0 Å². The van der Waals surface area contributed by atoms with Crippen molar-refractivity contribution in [1.29, 1.82) is 10.5 Å². The number of carbonyl (C=O) groups is 2. The molecule has 174 valence electrons. The molecular weight excluding hydrogens is 426 g/mol. The number of nitrogens with zero attached hydrogens (tertiary/aromatic N) is 5. The minimum absolute atomic E-state index is 0.0551. The Balaban J connectivity index is 1.81. The van der Waals surface area contributed by atoms with E-state index in [1.54, 1.807) is 6.92 Å². The van der Waals surface area contributed by atoms with Gasteiger partial charge in [-0.15, -0.1) is 0 Å². The smallest absolute Gasteiger partial charge is 0.226 e. The van der Waals surface area contributed by atoms with Gasteiger partial charge in [-0.05, 0) is 20.4 Å². The van der Waals surface area contributed by atoms with E-state index in [-0.39, 0.29) is 65.5 Å². The molecule has 0 saturated carbocycles. The van der Waals surface area contributed by atoms with E-state index in [0.29, 0.717) is 6.42 Å². The number of ketones is 2. The fourth-order valence-corrected chi connectivity index (χ4v) is 7.30. The minimum Gasteiger partial charge on any atom is -0.492 e. The second-order valence-electron chi connectivity index (χ2n) is 9.46. The van der Waals surface area contributed by atoms with Gasteiger partial charge in [0, 0.05) is 47.3 Å². The summed E-state index contributed by atoms with van der Waals surface area (Å²) >= 11 is 0. The maximum atomic E-state index is 13.7. The van der Waals surface area contributed by atoms with E-state index < -0.39 is 36.6 Å². The number of nitriles is 2. The van der Waals surface area contributed by atoms with Gasteiger partial charge in [-0.3, -0.25) is 24.3 Å². The molecule has 0 unspecified atom stereocenters. The summed E-state index contributed by atoms with van der Waals surface area (Å²) in [5.41, 5.74) is 0.603. The number of β-amino-alcohol motifs (C(OH)–C–C–N with tert-alkyl or cyclic N) is 1. The van der Waals surface area contributed by atoms with Crippen LogP contribution < -0.4 is 0 Å². The SMILES string of the molecule is COC1=C(C)C(=O)C2=C(C1=O)[C@@H](CO)N1[C@H]3[C@@H]4[C@@H](C[C@H]([C@H]1C#N)N4C)[C@H](C#N)N(CCO)[C@@H]23. The zero-order valence-corrected chi connectivity index (χ0v) is 18.8. The van der Waals surface area contributed by atoms with E-state index in [2.05, 4.69) is 17.0 Å². The summed E-state index contributed by atoms with van der Waals surface area (Å²) in [6.07, 6.45) is 0.616. The van der Waals surface area contributed by atoms with Crippen LogP contribution in [-0.2, 0) is 14.3 Å².